The number of para-hydroxylation sites is 6. The molecule has 19 heteroatoms. The summed E-state index contributed by atoms with van der Waals surface area (Å²) in [5.74, 6) is -2.47. The maximum atomic E-state index is 12.6. The van der Waals surface area contributed by atoms with Crippen LogP contribution >= 0.6 is 0 Å². The number of ketones is 1. The molecule has 3 unspecified atom stereocenters. The van der Waals surface area contributed by atoms with Gasteiger partial charge in [-0.15, -0.1) is 39.8 Å². The van der Waals surface area contributed by atoms with Crippen molar-refractivity contribution in [3.05, 3.63) is 404 Å². The van der Waals surface area contributed by atoms with Crippen molar-refractivity contribution in [3.8, 4) is 79.1 Å². The van der Waals surface area contributed by atoms with Gasteiger partial charge in [-0.05, 0) is 224 Å². The molecule has 23 aromatic rings. The predicted octanol–water partition coefficient (Wildman–Crippen LogP) is 34.3. The third-order valence-corrected chi connectivity index (χ3v) is 27.5. The van der Waals surface area contributed by atoms with E-state index >= 15 is 0 Å². The largest absolute Gasteiger partial charge is 0.504 e. The van der Waals surface area contributed by atoms with Crippen molar-refractivity contribution < 1.29 is 70.9 Å². The summed E-state index contributed by atoms with van der Waals surface area (Å²) in [7, 11) is 0. The summed E-state index contributed by atoms with van der Waals surface area (Å²) >= 11 is 0. The van der Waals surface area contributed by atoms with Crippen LogP contribution in [0.15, 0.2) is 385 Å². The van der Waals surface area contributed by atoms with E-state index < -0.39 is 35.0 Å². The minimum atomic E-state index is -5.57. The van der Waals surface area contributed by atoms with Crippen LogP contribution in [-0.2, 0) is 44.1 Å². The fraction of sp³-hybridized carbons (Fsp3) is 0.168. The smallest absolute Gasteiger partial charge is 0.455 e. The van der Waals surface area contributed by atoms with Crippen molar-refractivity contribution in [1.29, 1.82) is 0 Å². The summed E-state index contributed by atoms with van der Waals surface area (Å²) in [4.78, 5) is 15.9. The van der Waals surface area contributed by atoms with Gasteiger partial charge in [-0.25, -0.2) is 0 Å². The van der Waals surface area contributed by atoms with Crippen molar-refractivity contribution in [2.24, 2.45) is 17.8 Å². The number of allylic oxidation sites excluding steroid dienone is 2. The molecule has 0 fully saturated rings. The number of carbonyl (C=O) groups is 1. The van der Waals surface area contributed by atoms with Crippen molar-refractivity contribution in [2.75, 3.05) is 6.61 Å². The first-order valence-electron chi connectivity index (χ1n) is 48.6. The number of hydrogen-bond acceptors (Lipinski definition) is 8. The van der Waals surface area contributed by atoms with Gasteiger partial charge in [0.15, 0.2) is 0 Å². The predicted molar refractivity (Wildman–Crippen MR) is 570 cm³/mol. The number of benzene rings is 16. The van der Waals surface area contributed by atoms with Gasteiger partial charge in [-0.3, -0.25) is 9.78 Å². The standard InChI is InChI=1S/C41H34N2.C39H22N3O.C29H32N2O.C16H16F6O3.Pt/c1-3-28(2)24-29-20-22-30(23-21-29)31-25-32(42-38-16-8-4-12-34(38)35-13-5-9-17-39(35)42)27-33(26-31)43-40-18-10-6-14-36(40)37-15-7-11-19-41(37)43;1-2-10-30-27(7-1)31-21-24(13-16-34(31)41-20-19-40-39(30)41)25-14-17-37-32(22-25)33-23-26(15-18-38(33)43-37)42-35-11-5-3-8-28(35)29-9-4-6-12-36(29)42;1-6-20(2)19-21-7-9-22(10-8-21)23-11-13-24(14-12-23)27-30-31-28(32-27)25-15-17-26(18-16-25)29(3,4)5;1-3-9(2)8-25-11-6-4-10(5-7-11)12(13(23)15(17,18)19)14(24)16(20,21)22;/h4-23,25-28H,3,24H2,1-2H3;1-9,11-23H;7-18,20H,6,19H2,1-5H3;4-7,9,23H,3,8H2,1-2H3;/q;-1;;;. The Kier molecular flexibility index (Phi) is 27.5. The van der Waals surface area contributed by atoms with Gasteiger partial charge in [0.05, 0.1) is 50.9 Å². The summed E-state index contributed by atoms with van der Waals surface area (Å²) in [5, 5.41) is 30.8. The number of furan rings is 1. The second-order valence-electron chi connectivity index (χ2n) is 38.2. The molecular formula is C125H104F6N7O5Pt-. The van der Waals surface area contributed by atoms with Crippen LogP contribution in [0.3, 0.4) is 0 Å². The molecule has 722 valence electrons. The Balaban J connectivity index is 0.000000124. The van der Waals surface area contributed by atoms with Gasteiger partial charge in [0.1, 0.15) is 16.9 Å². The van der Waals surface area contributed by atoms with Crippen LogP contribution in [0, 0.1) is 23.8 Å². The van der Waals surface area contributed by atoms with Gasteiger partial charge in [0.25, 0.3) is 5.78 Å². The van der Waals surface area contributed by atoms with Crippen molar-refractivity contribution in [2.45, 2.75) is 112 Å². The molecule has 0 aliphatic rings. The number of pyridine rings is 1. The normalized spacial score (nSPS) is 12.7. The topological polar surface area (TPSA) is 131 Å². The molecule has 0 saturated heterocycles. The van der Waals surface area contributed by atoms with Gasteiger partial charge >= 0.3 is 12.4 Å². The first kappa shape index (κ1) is 97.2. The molecule has 0 aliphatic carbocycles. The molecule has 0 spiro atoms. The number of rotatable bonds is 20. The molecule has 7 aromatic heterocycles. The first-order chi connectivity index (χ1) is 69.2. The van der Waals surface area contributed by atoms with E-state index in [1.54, 1.807) is 0 Å². The minimum absolute atomic E-state index is 0. The number of ether oxygens (including phenoxy) is 1. The Labute approximate surface area is 844 Å². The van der Waals surface area contributed by atoms with Crippen molar-refractivity contribution in [1.82, 2.24) is 33.3 Å². The molecule has 0 amide bonds. The maximum absolute atomic E-state index is 12.6. The molecule has 0 radical (unpaired) electrons. The van der Waals surface area contributed by atoms with Gasteiger partial charge in [-0.2, -0.15) is 26.3 Å². The molecule has 144 heavy (non-hydrogen) atoms. The fourth-order valence-electron chi connectivity index (χ4n) is 19.2. The van der Waals surface area contributed by atoms with Gasteiger partial charge in [-0.1, -0.05) is 299 Å². The molecule has 23 rings (SSSR count). The molecule has 1 N–H and O–H groups in total. The first-order valence-corrected chi connectivity index (χ1v) is 48.6. The van der Waals surface area contributed by atoms with E-state index in [9.17, 15) is 31.1 Å². The number of hydrogen-bond donors (Lipinski definition) is 1. The van der Waals surface area contributed by atoms with Crippen LogP contribution < -0.4 is 4.74 Å². The number of alkyl halides is 6. The van der Waals surface area contributed by atoms with Gasteiger partial charge in [0.2, 0.25) is 17.5 Å². The summed E-state index contributed by atoms with van der Waals surface area (Å²) in [5.41, 5.74) is 25.2. The molecule has 16 aromatic carbocycles. The average molecular weight is 2090 g/mol. The monoisotopic (exact) mass is 2090 g/mol. The zero-order chi connectivity index (χ0) is 99.1. The van der Waals surface area contributed by atoms with E-state index in [-0.39, 0.29) is 38.1 Å². The molecule has 0 aliphatic heterocycles. The fourth-order valence-corrected chi connectivity index (χ4v) is 19.2. The Bertz CT molecular complexity index is 8410. The third-order valence-electron chi connectivity index (χ3n) is 27.5. The molecule has 7 heterocycles. The number of imidazole rings is 1. The van der Waals surface area contributed by atoms with Crippen molar-refractivity contribution >= 4 is 126 Å². The maximum Gasteiger partial charge on any atom is 0.455 e. The van der Waals surface area contributed by atoms with Gasteiger partial charge in [0, 0.05) is 110 Å². The zero-order valence-corrected chi connectivity index (χ0v) is 83.3. The number of aliphatic hydroxyl groups is 1. The van der Waals surface area contributed by atoms with E-state index in [4.69, 9.17) is 18.7 Å². The summed E-state index contributed by atoms with van der Waals surface area (Å²) in [6.45, 7) is 19.9. The number of aliphatic hydroxyl groups excluding tert-OH is 1. The number of carbonyl (C=O) groups excluding carboxylic acids is 1. The zero-order valence-electron chi connectivity index (χ0n) is 81.0. The summed E-state index contributed by atoms with van der Waals surface area (Å²) in [6, 6.07) is 127. The summed E-state index contributed by atoms with van der Waals surface area (Å²) in [6.07, 6.45) is -1.70. The Morgan fingerprint density at radius 2 is 0.792 bits per heavy atom. The van der Waals surface area contributed by atoms with E-state index in [0.29, 0.717) is 24.3 Å². The number of nitrogens with zero attached hydrogens (tertiary/aromatic N) is 7. The molecule has 12 nitrogen and oxygen atoms in total. The van der Waals surface area contributed by atoms with E-state index in [1.807, 2.05) is 62.6 Å². The number of Topliss-reactive ketones (excluding diaryl/α,β-unsaturated/α-hetero) is 1. The second kappa shape index (κ2) is 40.8. The number of fused-ring (bicyclic) bond motifs is 18. The van der Waals surface area contributed by atoms with Crippen LogP contribution in [0.2, 0.25) is 0 Å². The number of halogens is 6. The second-order valence-corrected chi connectivity index (χ2v) is 38.2. The Morgan fingerprint density at radius 3 is 1.25 bits per heavy atom. The van der Waals surface area contributed by atoms with E-state index in [1.165, 1.54) is 123 Å². The Hall–Kier alpha value is -15.7. The van der Waals surface area contributed by atoms with Crippen LogP contribution in [0.1, 0.15) is 104 Å². The SMILES string of the molecule is CCC(C)COc1ccc(C(C(=O)C(F)(F)F)=C(O)C(F)(F)F)cc1.CCC(C)Cc1ccc(-c2cc(-n3c4ccccc4c4ccccc43)cc(-n3c4ccccc4c4ccccc43)c2)cc1.CCC(C)Cc1ccc(-c2ccc(-c3nnc(-c4ccc(C(C)(C)C)cc4)o3)cc2)cc1.[Pt].[c-]1cccc2c1c1nccn1c1ccc(-c3ccc4oc5ccc(-n6c7ccccc7c7ccccc76)cc5c4c3)cc21. The van der Waals surface area contributed by atoms with Crippen LogP contribution in [0.25, 0.3) is 194 Å². The van der Waals surface area contributed by atoms with Crippen LogP contribution in [-0.4, -0.2) is 63.1 Å². The third kappa shape index (κ3) is 19.6. The minimum Gasteiger partial charge on any atom is -0.504 e. The van der Waals surface area contributed by atoms with Crippen LogP contribution in [0.5, 0.6) is 5.75 Å². The van der Waals surface area contributed by atoms with E-state index in [0.717, 1.165) is 133 Å². The van der Waals surface area contributed by atoms with E-state index in [2.05, 4.69) is 385 Å². The van der Waals surface area contributed by atoms with Crippen molar-refractivity contribution in [3.63, 3.8) is 0 Å². The van der Waals surface area contributed by atoms with Gasteiger partial charge < -0.3 is 36.8 Å². The van der Waals surface area contributed by atoms with Crippen LogP contribution in [0.4, 0.5) is 26.3 Å². The molecule has 0 saturated carbocycles. The quantitative estimate of drug-likeness (QED) is 0.0262. The molecule has 3 atom stereocenters. The summed E-state index contributed by atoms with van der Waals surface area (Å²) < 4.78 is 103. The Morgan fingerprint density at radius 1 is 0.389 bits per heavy atom. The molecular weight excluding hydrogens is 1990 g/mol. The number of aromatic nitrogens is 7. The average Bonchev–Trinajstić information content (AvgIpc) is 1.56. The molecule has 0 bridgehead atoms.